The van der Waals surface area contributed by atoms with Crippen molar-refractivity contribution in [1.82, 2.24) is 0 Å². The topological polar surface area (TPSA) is 72.2 Å². The Morgan fingerprint density at radius 2 is 1.82 bits per heavy atom. The van der Waals surface area contributed by atoms with Gasteiger partial charge in [-0.3, -0.25) is 9.59 Å². The zero-order valence-electron chi connectivity index (χ0n) is 14.7. The minimum absolute atomic E-state index is 0.163. The number of hydrogen-bond acceptors (Lipinski definition) is 4. The van der Waals surface area contributed by atoms with Gasteiger partial charge in [0.25, 0.3) is 0 Å². The van der Waals surface area contributed by atoms with Crippen LogP contribution in [0.5, 0.6) is 0 Å². The molecule has 0 bridgehead atoms. The summed E-state index contributed by atoms with van der Waals surface area (Å²) in [5.41, 5.74) is 6.99. The van der Waals surface area contributed by atoms with Crippen molar-refractivity contribution in [3.8, 4) is 10.4 Å². The van der Waals surface area contributed by atoms with E-state index in [1.54, 1.807) is 23.5 Å². The summed E-state index contributed by atoms with van der Waals surface area (Å²) < 4.78 is 1.04. The minimum Gasteiger partial charge on any atom is -0.369 e. The fourth-order valence-electron chi connectivity index (χ4n) is 2.39. The Bertz CT molecular complexity index is 1010. The average molecular weight is 473 g/mol. The first-order chi connectivity index (χ1) is 13.5. The Balaban J connectivity index is 1.65. The minimum atomic E-state index is -0.398. The Hall–Kier alpha value is -2.35. The lowest BCUT2D eigenvalue weighted by molar-refractivity contribution is -0.115. The summed E-state index contributed by atoms with van der Waals surface area (Å²) in [6.45, 7) is 0. The third-order valence-electron chi connectivity index (χ3n) is 3.67. The lowest BCUT2D eigenvalue weighted by Crippen LogP contribution is -2.13. The average Bonchev–Trinajstić information content (AvgIpc) is 3.15. The van der Waals surface area contributed by atoms with E-state index in [0.717, 1.165) is 24.7 Å². The van der Waals surface area contributed by atoms with Crippen LogP contribution in [0.2, 0.25) is 0 Å². The number of nitrogens with one attached hydrogen (secondary N) is 1. The second kappa shape index (κ2) is 9.73. The molecule has 0 aliphatic heterocycles. The summed E-state index contributed by atoms with van der Waals surface area (Å²) in [6, 6.07) is 19.5. The number of carbonyl (C=O) groups excluding carboxylic acids is 2. The molecule has 2 amide bonds. The van der Waals surface area contributed by atoms with Crippen molar-refractivity contribution in [2.75, 3.05) is 11.1 Å². The molecule has 0 saturated heterocycles. The van der Waals surface area contributed by atoms with Crippen molar-refractivity contribution in [1.29, 1.82) is 0 Å². The number of halogens is 1. The zero-order valence-corrected chi connectivity index (χ0v) is 17.9. The van der Waals surface area contributed by atoms with Crippen LogP contribution in [0.15, 0.2) is 76.1 Å². The van der Waals surface area contributed by atoms with E-state index in [4.69, 9.17) is 5.73 Å². The molecular weight excluding hydrogens is 456 g/mol. The van der Waals surface area contributed by atoms with Crippen molar-refractivity contribution in [3.63, 3.8) is 0 Å². The van der Waals surface area contributed by atoms with Gasteiger partial charge in [-0.25, -0.2) is 0 Å². The molecule has 0 saturated carbocycles. The van der Waals surface area contributed by atoms with Crippen LogP contribution in [0.25, 0.3) is 16.5 Å². The molecule has 0 aliphatic rings. The van der Waals surface area contributed by atoms with Crippen LogP contribution in [0, 0.1) is 0 Å². The molecule has 28 heavy (non-hydrogen) atoms. The molecule has 7 heteroatoms. The maximum atomic E-state index is 12.3. The molecule has 0 spiro atoms. The lowest BCUT2D eigenvalue weighted by atomic mass is 10.2. The van der Waals surface area contributed by atoms with E-state index in [1.165, 1.54) is 17.8 Å². The maximum Gasteiger partial charge on any atom is 0.248 e. The van der Waals surface area contributed by atoms with Crippen molar-refractivity contribution in [3.05, 3.63) is 76.1 Å². The SMILES string of the molecule is NC(=O)CSc1ccccc1NC(=O)C=Cc1ccc(-c2ccc(Br)cc2)s1. The molecule has 0 atom stereocenters. The van der Waals surface area contributed by atoms with E-state index < -0.39 is 5.91 Å². The molecule has 0 fully saturated rings. The van der Waals surface area contributed by atoms with Gasteiger partial charge >= 0.3 is 0 Å². The first-order valence-electron chi connectivity index (χ1n) is 8.36. The molecule has 1 aromatic heterocycles. The van der Waals surface area contributed by atoms with Gasteiger partial charge in [0.2, 0.25) is 11.8 Å². The fraction of sp³-hybridized carbons (Fsp3) is 0.0476. The highest BCUT2D eigenvalue weighted by Crippen LogP contribution is 2.30. The monoisotopic (exact) mass is 472 g/mol. The quantitative estimate of drug-likeness (QED) is 0.356. The largest absolute Gasteiger partial charge is 0.369 e. The summed E-state index contributed by atoms with van der Waals surface area (Å²) in [5.74, 6) is -0.465. The van der Waals surface area contributed by atoms with E-state index in [2.05, 4.69) is 33.4 Å². The summed E-state index contributed by atoms with van der Waals surface area (Å²) in [7, 11) is 0. The van der Waals surface area contributed by atoms with Gasteiger partial charge in [-0.05, 0) is 48.0 Å². The predicted octanol–water partition coefficient (Wildman–Crippen LogP) is 5.41. The van der Waals surface area contributed by atoms with E-state index in [-0.39, 0.29) is 11.7 Å². The van der Waals surface area contributed by atoms with Crippen molar-refractivity contribution >= 4 is 62.6 Å². The summed E-state index contributed by atoms with van der Waals surface area (Å²) in [4.78, 5) is 26.2. The molecule has 2 aromatic carbocycles. The van der Waals surface area contributed by atoms with E-state index in [9.17, 15) is 9.59 Å². The number of nitrogens with two attached hydrogens (primary N) is 1. The highest BCUT2D eigenvalue weighted by atomic mass is 79.9. The number of primary amides is 1. The van der Waals surface area contributed by atoms with Gasteiger partial charge in [0.15, 0.2) is 0 Å². The Kier molecular flexibility index (Phi) is 7.08. The lowest BCUT2D eigenvalue weighted by Gasteiger charge is -2.08. The van der Waals surface area contributed by atoms with Gasteiger partial charge in [0.05, 0.1) is 11.4 Å². The normalized spacial score (nSPS) is 10.9. The highest BCUT2D eigenvalue weighted by Gasteiger charge is 2.07. The standard InChI is InChI=1S/C21H17BrN2O2S2/c22-15-7-5-14(6-8-15)18-11-9-16(28-18)10-12-21(26)24-17-3-1-2-4-19(17)27-13-20(23)25/h1-12H,13H2,(H2,23,25)(H,24,26). The summed E-state index contributed by atoms with van der Waals surface area (Å²) >= 11 is 6.35. The van der Waals surface area contributed by atoms with Crippen molar-refractivity contribution < 1.29 is 9.59 Å². The van der Waals surface area contributed by atoms with Crippen LogP contribution in [0.4, 0.5) is 5.69 Å². The van der Waals surface area contributed by atoms with E-state index in [0.29, 0.717) is 5.69 Å². The molecule has 142 valence electrons. The van der Waals surface area contributed by atoms with Gasteiger partial charge in [0.1, 0.15) is 0 Å². The molecule has 0 aliphatic carbocycles. The summed E-state index contributed by atoms with van der Waals surface area (Å²) in [5, 5.41) is 2.85. The molecule has 1 heterocycles. The van der Waals surface area contributed by atoms with Crippen LogP contribution in [-0.2, 0) is 9.59 Å². The zero-order chi connectivity index (χ0) is 19.9. The van der Waals surface area contributed by atoms with Crippen LogP contribution >= 0.6 is 39.0 Å². The molecule has 4 nitrogen and oxygen atoms in total. The smallest absolute Gasteiger partial charge is 0.248 e. The van der Waals surface area contributed by atoms with Gasteiger partial charge in [-0.15, -0.1) is 23.1 Å². The molecule has 3 N–H and O–H groups in total. The number of benzene rings is 2. The maximum absolute atomic E-state index is 12.3. The molecule has 3 aromatic rings. The fourth-order valence-corrected chi connectivity index (χ4v) is 4.32. The number of carbonyl (C=O) groups is 2. The summed E-state index contributed by atoms with van der Waals surface area (Å²) in [6.07, 6.45) is 3.30. The van der Waals surface area contributed by atoms with Crippen LogP contribution in [-0.4, -0.2) is 17.6 Å². The number of anilines is 1. The first kappa shape index (κ1) is 20.4. The van der Waals surface area contributed by atoms with E-state index >= 15 is 0 Å². The second-order valence-corrected chi connectivity index (χ2v) is 8.83. The number of para-hydroxylation sites is 1. The number of amides is 2. The highest BCUT2D eigenvalue weighted by molar-refractivity contribution is 9.10. The number of thiophene rings is 1. The van der Waals surface area contributed by atoms with Gasteiger partial charge in [-0.2, -0.15) is 0 Å². The Morgan fingerprint density at radius 1 is 1.07 bits per heavy atom. The first-order valence-corrected chi connectivity index (χ1v) is 11.0. The molecule has 0 unspecified atom stereocenters. The Morgan fingerprint density at radius 3 is 2.57 bits per heavy atom. The third kappa shape index (κ3) is 5.82. The van der Waals surface area contributed by atoms with Crippen molar-refractivity contribution in [2.24, 2.45) is 5.73 Å². The number of rotatable bonds is 7. The van der Waals surface area contributed by atoms with Crippen LogP contribution in [0.3, 0.4) is 0 Å². The number of hydrogen-bond donors (Lipinski definition) is 2. The van der Waals surface area contributed by atoms with Gasteiger partial charge in [-0.1, -0.05) is 40.2 Å². The van der Waals surface area contributed by atoms with E-state index in [1.807, 2.05) is 42.5 Å². The predicted molar refractivity (Wildman–Crippen MR) is 121 cm³/mol. The second-order valence-electron chi connectivity index (χ2n) is 5.78. The van der Waals surface area contributed by atoms with Gasteiger partial charge in [0, 0.05) is 25.2 Å². The van der Waals surface area contributed by atoms with Crippen LogP contribution < -0.4 is 11.1 Å². The van der Waals surface area contributed by atoms with Crippen molar-refractivity contribution in [2.45, 2.75) is 4.90 Å². The molecule has 3 rings (SSSR count). The third-order valence-corrected chi connectivity index (χ3v) is 6.39. The van der Waals surface area contributed by atoms with Crippen LogP contribution in [0.1, 0.15) is 4.88 Å². The molecule has 0 radical (unpaired) electrons. The Labute approximate surface area is 180 Å². The van der Waals surface area contributed by atoms with Gasteiger partial charge < -0.3 is 11.1 Å². The molecular formula is C21H17BrN2O2S2. The number of thioether (sulfide) groups is 1.